The van der Waals surface area contributed by atoms with Crippen LogP contribution in [0.25, 0.3) is 6.08 Å². The second kappa shape index (κ2) is 11.2. The Bertz CT molecular complexity index is 1150. The Kier molecular flexibility index (Phi) is 7.82. The van der Waals surface area contributed by atoms with E-state index < -0.39 is 23.9 Å². The summed E-state index contributed by atoms with van der Waals surface area (Å²) in [4.78, 5) is 49.8. The maximum Gasteiger partial charge on any atom is 0.251 e. The minimum absolute atomic E-state index is 0.0495. The van der Waals surface area contributed by atoms with E-state index in [0.717, 1.165) is 5.56 Å². The van der Waals surface area contributed by atoms with E-state index in [0.29, 0.717) is 41.2 Å². The topological polar surface area (TPSA) is 114 Å². The lowest BCUT2D eigenvalue weighted by Gasteiger charge is -2.23. The number of benzene rings is 2. The molecule has 0 saturated carbocycles. The van der Waals surface area contributed by atoms with Crippen molar-refractivity contribution in [2.45, 2.75) is 31.3 Å². The summed E-state index contributed by atoms with van der Waals surface area (Å²) in [6.07, 6.45) is 3.37. The molecule has 2 heterocycles. The lowest BCUT2D eigenvalue weighted by atomic mass is 9.98. The van der Waals surface area contributed by atoms with E-state index in [-0.39, 0.29) is 31.3 Å². The van der Waals surface area contributed by atoms with Gasteiger partial charge in [0.1, 0.15) is 24.7 Å². The first-order valence-corrected chi connectivity index (χ1v) is 11.8. The summed E-state index contributed by atoms with van der Waals surface area (Å²) in [6, 6.07) is 12.6. The third kappa shape index (κ3) is 6.27. The zero-order valence-electron chi connectivity index (χ0n) is 19.0. The number of halogens is 1. The third-order valence-electron chi connectivity index (χ3n) is 6.07. The highest BCUT2D eigenvalue weighted by atomic mass is 35.5. The number of carbonyl (C=O) groups is 4. The van der Waals surface area contributed by atoms with E-state index >= 15 is 0 Å². The van der Waals surface area contributed by atoms with Crippen LogP contribution in [0.15, 0.2) is 54.1 Å². The molecule has 1 saturated heterocycles. The number of carbonyl (C=O) groups excluding carboxylic acids is 4. The van der Waals surface area contributed by atoms with Gasteiger partial charge >= 0.3 is 0 Å². The van der Waals surface area contributed by atoms with Crippen molar-refractivity contribution in [2.24, 2.45) is 5.92 Å². The molecule has 35 heavy (non-hydrogen) atoms. The summed E-state index contributed by atoms with van der Waals surface area (Å²) >= 11 is 6.06. The number of aldehydes is 1. The van der Waals surface area contributed by atoms with Gasteiger partial charge in [-0.25, -0.2) is 0 Å². The number of fused-ring (bicyclic) bond motifs is 1. The molecule has 2 aliphatic heterocycles. The van der Waals surface area contributed by atoms with E-state index in [2.05, 4.69) is 16.0 Å². The molecular weight excluding hydrogens is 470 g/mol. The molecule has 2 aromatic carbocycles. The number of rotatable bonds is 9. The van der Waals surface area contributed by atoms with Crippen LogP contribution in [0.2, 0.25) is 5.02 Å². The molecule has 0 spiro atoms. The molecule has 4 rings (SSSR count). The molecule has 0 unspecified atom stereocenters. The van der Waals surface area contributed by atoms with Crippen molar-refractivity contribution in [1.82, 2.24) is 16.0 Å². The second-order valence-electron chi connectivity index (χ2n) is 8.62. The van der Waals surface area contributed by atoms with Crippen LogP contribution in [0.3, 0.4) is 0 Å². The van der Waals surface area contributed by atoms with Crippen molar-refractivity contribution in [3.63, 3.8) is 0 Å². The summed E-state index contributed by atoms with van der Waals surface area (Å²) in [5.74, 6) is -0.786. The van der Waals surface area contributed by atoms with E-state index in [1.54, 1.807) is 24.3 Å². The normalized spacial score (nSPS) is 18.3. The van der Waals surface area contributed by atoms with Gasteiger partial charge in [-0.2, -0.15) is 0 Å². The lowest BCUT2D eigenvalue weighted by molar-refractivity contribution is -0.129. The Morgan fingerprint density at radius 3 is 2.69 bits per heavy atom. The van der Waals surface area contributed by atoms with Gasteiger partial charge in [-0.1, -0.05) is 41.9 Å². The second-order valence-corrected chi connectivity index (χ2v) is 9.06. The van der Waals surface area contributed by atoms with Gasteiger partial charge in [0, 0.05) is 29.5 Å². The van der Waals surface area contributed by atoms with E-state index in [9.17, 15) is 19.2 Å². The molecule has 2 aliphatic rings. The van der Waals surface area contributed by atoms with Gasteiger partial charge in [0.25, 0.3) is 5.91 Å². The Hall–Kier alpha value is -3.65. The summed E-state index contributed by atoms with van der Waals surface area (Å²) in [7, 11) is 0. The zero-order valence-corrected chi connectivity index (χ0v) is 19.7. The molecule has 182 valence electrons. The molecular formula is C26H26ClN3O5. The summed E-state index contributed by atoms with van der Waals surface area (Å²) in [6.45, 7) is 0.606. The smallest absolute Gasteiger partial charge is 0.251 e. The van der Waals surface area contributed by atoms with Crippen LogP contribution >= 0.6 is 11.6 Å². The predicted octanol–water partition coefficient (Wildman–Crippen LogP) is 2.05. The highest BCUT2D eigenvalue weighted by Gasteiger charge is 2.30. The van der Waals surface area contributed by atoms with Gasteiger partial charge in [-0.3, -0.25) is 14.4 Å². The van der Waals surface area contributed by atoms with Crippen molar-refractivity contribution in [1.29, 1.82) is 0 Å². The molecule has 2 aromatic rings. The van der Waals surface area contributed by atoms with Gasteiger partial charge in [0.05, 0.1) is 11.6 Å². The van der Waals surface area contributed by atoms with Crippen LogP contribution < -0.4 is 20.7 Å². The highest BCUT2D eigenvalue weighted by molar-refractivity contribution is 6.30. The number of hydrogen-bond donors (Lipinski definition) is 3. The Morgan fingerprint density at radius 2 is 1.97 bits per heavy atom. The van der Waals surface area contributed by atoms with E-state index in [1.807, 2.05) is 30.3 Å². The lowest BCUT2D eigenvalue weighted by Crippen LogP contribution is -2.52. The molecule has 0 aliphatic carbocycles. The predicted molar refractivity (Wildman–Crippen MR) is 131 cm³/mol. The first-order valence-electron chi connectivity index (χ1n) is 11.4. The van der Waals surface area contributed by atoms with Gasteiger partial charge in [-0.15, -0.1) is 0 Å². The molecule has 3 amide bonds. The quantitative estimate of drug-likeness (QED) is 0.461. The number of nitrogens with one attached hydrogen (secondary N) is 3. The van der Waals surface area contributed by atoms with Crippen LogP contribution in [-0.2, 0) is 25.6 Å². The summed E-state index contributed by atoms with van der Waals surface area (Å²) in [5.41, 5.74) is 1.87. The average molecular weight is 496 g/mol. The maximum absolute atomic E-state index is 13.2. The van der Waals surface area contributed by atoms with Gasteiger partial charge in [-0.05, 0) is 42.7 Å². The number of ether oxygens (including phenoxy) is 1. The monoisotopic (exact) mass is 495 g/mol. The van der Waals surface area contributed by atoms with Gasteiger partial charge < -0.3 is 25.5 Å². The van der Waals surface area contributed by atoms with Gasteiger partial charge in [0.15, 0.2) is 0 Å². The molecule has 0 radical (unpaired) electrons. The van der Waals surface area contributed by atoms with Crippen molar-refractivity contribution in [2.75, 3.05) is 13.2 Å². The van der Waals surface area contributed by atoms with Crippen molar-refractivity contribution < 1.29 is 23.9 Å². The molecule has 0 bridgehead atoms. The van der Waals surface area contributed by atoms with Crippen LogP contribution in [0.1, 0.15) is 24.0 Å². The summed E-state index contributed by atoms with van der Waals surface area (Å²) in [5, 5.41) is 8.73. The standard InChI is InChI=1S/C26H26ClN3O5/c27-20-6-7-23-18(12-20)11-19(15-35-23)25(33)30-22(10-16-4-2-1-3-5-16)26(34)29-21(14-31)13-17-8-9-28-24(17)32/h1-7,11-12,14,17,21-22H,8-10,13,15H2,(H,28,32)(H,29,34)(H,30,33)/t17-,21-,22-/m0/s1. The first kappa shape index (κ1) is 24.5. The molecule has 1 fully saturated rings. The van der Waals surface area contributed by atoms with Crippen molar-refractivity contribution >= 4 is 41.7 Å². The largest absolute Gasteiger partial charge is 0.488 e. The SMILES string of the molecule is O=C[C@H](C[C@@H]1CCNC1=O)NC(=O)[C@H](Cc1ccccc1)NC(=O)C1=Cc2cc(Cl)ccc2OC1. The molecule has 8 nitrogen and oxygen atoms in total. The maximum atomic E-state index is 13.2. The van der Waals surface area contributed by atoms with Gasteiger partial charge in [0.2, 0.25) is 11.8 Å². The third-order valence-corrected chi connectivity index (χ3v) is 6.31. The van der Waals surface area contributed by atoms with E-state index in [4.69, 9.17) is 16.3 Å². The molecule has 3 N–H and O–H groups in total. The fraction of sp³-hybridized carbons (Fsp3) is 0.308. The highest BCUT2D eigenvalue weighted by Crippen LogP contribution is 2.29. The van der Waals surface area contributed by atoms with Crippen LogP contribution in [-0.4, -0.2) is 49.2 Å². The fourth-order valence-corrected chi connectivity index (χ4v) is 4.38. The van der Waals surface area contributed by atoms with Crippen LogP contribution in [0, 0.1) is 5.92 Å². The van der Waals surface area contributed by atoms with Crippen molar-refractivity contribution in [3.05, 3.63) is 70.3 Å². The Labute approximate surface area is 208 Å². The van der Waals surface area contributed by atoms with Crippen molar-refractivity contribution in [3.8, 4) is 5.75 Å². The minimum Gasteiger partial charge on any atom is -0.488 e. The minimum atomic E-state index is -0.939. The Morgan fingerprint density at radius 1 is 1.17 bits per heavy atom. The van der Waals surface area contributed by atoms with E-state index in [1.165, 1.54) is 0 Å². The first-order chi connectivity index (χ1) is 16.9. The zero-order chi connectivity index (χ0) is 24.8. The number of hydrogen-bond acceptors (Lipinski definition) is 5. The average Bonchev–Trinajstić information content (AvgIpc) is 3.27. The summed E-state index contributed by atoms with van der Waals surface area (Å²) < 4.78 is 5.67. The molecule has 9 heteroatoms. The fourth-order valence-electron chi connectivity index (χ4n) is 4.20. The van der Waals surface area contributed by atoms with Crippen LogP contribution in [0.4, 0.5) is 0 Å². The molecule has 3 atom stereocenters. The Balaban J connectivity index is 1.49. The number of amides is 3. The van der Waals surface area contributed by atoms with Crippen LogP contribution in [0.5, 0.6) is 5.75 Å². The molecule has 0 aromatic heterocycles.